The molecule has 0 bridgehead atoms. The fraction of sp³-hybridized carbons (Fsp3) is 0.312. The van der Waals surface area contributed by atoms with Crippen LogP contribution in [0.3, 0.4) is 0 Å². The number of hydrogen-bond donors (Lipinski definition) is 1. The quantitative estimate of drug-likeness (QED) is 0.834. The van der Waals surface area contributed by atoms with Gasteiger partial charge in [-0.15, -0.1) is 0 Å². The normalized spacial score (nSPS) is 10.6. The number of rotatable bonds is 5. The Morgan fingerprint density at radius 2 is 1.89 bits per heavy atom. The minimum absolute atomic E-state index is 0.0907. The van der Waals surface area contributed by atoms with Crippen LogP contribution in [0.4, 0.5) is 0 Å². The van der Waals surface area contributed by atoms with E-state index in [2.05, 4.69) is 5.32 Å². The highest BCUT2D eigenvalue weighted by Crippen LogP contribution is 2.19. The first-order chi connectivity index (χ1) is 9.24. The SMILES string of the molecule is CNCCCN(C)C(=O)c1cccc2ccccc12. The minimum Gasteiger partial charge on any atom is -0.342 e. The van der Waals surface area contributed by atoms with Crippen LogP contribution in [-0.2, 0) is 0 Å². The number of nitrogens with zero attached hydrogens (tertiary/aromatic N) is 1. The van der Waals surface area contributed by atoms with Gasteiger partial charge in [0, 0.05) is 19.2 Å². The van der Waals surface area contributed by atoms with Gasteiger partial charge in [0.2, 0.25) is 0 Å². The minimum atomic E-state index is 0.0907. The maximum Gasteiger partial charge on any atom is 0.254 e. The molecule has 2 aromatic carbocycles. The van der Waals surface area contributed by atoms with Crippen molar-refractivity contribution < 1.29 is 4.79 Å². The second kappa shape index (κ2) is 6.34. The zero-order valence-electron chi connectivity index (χ0n) is 11.5. The molecule has 3 heteroatoms. The molecule has 0 radical (unpaired) electrons. The highest BCUT2D eigenvalue weighted by molar-refractivity contribution is 6.06. The van der Waals surface area contributed by atoms with Crippen molar-refractivity contribution in [3.05, 3.63) is 48.0 Å². The first kappa shape index (κ1) is 13.6. The third-order valence-corrected chi connectivity index (χ3v) is 3.29. The van der Waals surface area contributed by atoms with Crippen LogP contribution >= 0.6 is 0 Å². The summed E-state index contributed by atoms with van der Waals surface area (Å²) in [5, 5.41) is 5.23. The molecule has 2 aromatic rings. The van der Waals surface area contributed by atoms with E-state index in [1.807, 2.05) is 56.6 Å². The molecule has 1 N–H and O–H groups in total. The summed E-state index contributed by atoms with van der Waals surface area (Å²) >= 11 is 0. The number of nitrogens with one attached hydrogen (secondary N) is 1. The van der Waals surface area contributed by atoms with E-state index < -0.39 is 0 Å². The lowest BCUT2D eigenvalue weighted by Crippen LogP contribution is -2.29. The Morgan fingerprint density at radius 1 is 1.16 bits per heavy atom. The fourth-order valence-corrected chi connectivity index (χ4v) is 2.21. The lowest BCUT2D eigenvalue weighted by Gasteiger charge is -2.18. The van der Waals surface area contributed by atoms with E-state index >= 15 is 0 Å². The van der Waals surface area contributed by atoms with E-state index in [0.29, 0.717) is 0 Å². The zero-order chi connectivity index (χ0) is 13.7. The monoisotopic (exact) mass is 256 g/mol. The lowest BCUT2D eigenvalue weighted by atomic mass is 10.0. The molecule has 2 rings (SSSR count). The first-order valence-corrected chi connectivity index (χ1v) is 6.62. The molecule has 0 aromatic heterocycles. The Balaban J connectivity index is 2.21. The molecule has 0 aliphatic rings. The summed E-state index contributed by atoms with van der Waals surface area (Å²) in [7, 11) is 3.78. The topological polar surface area (TPSA) is 32.3 Å². The van der Waals surface area contributed by atoms with Gasteiger partial charge in [0.25, 0.3) is 5.91 Å². The van der Waals surface area contributed by atoms with E-state index in [1.165, 1.54) is 0 Å². The van der Waals surface area contributed by atoms with Crippen molar-refractivity contribution in [2.75, 3.05) is 27.2 Å². The summed E-state index contributed by atoms with van der Waals surface area (Å²) in [6.07, 6.45) is 0.962. The summed E-state index contributed by atoms with van der Waals surface area (Å²) in [5.41, 5.74) is 0.782. The van der Waals surface area contributed by atoms with Crippen molar-refractivity contribution >= 4 is 16.7 Å². The van der Waals surface area contributed by atoms with Crippen molar-refractivity contribution in [2.24, 2.45) is 0 Å². The van der Waals surface area contributed by atoms with Gasteiger partial charge in [0.05, 0.1) is 0 Å². The molecule has 0 atom stereocenters. The first-order valence-electron chi connectivity index (χ1n) is 6.62. The maximum absolute atomic E-state index is 12.5. The summed E-state index contributed by atoms with van der Waals surface area (Å²) in [6, 6.07) is 13.9. The van der Waals surface area contributed by atoms with Gasteiger partial charge in [0.15, 0.2) is 0 Å². The van der Waals surface area contributed by atoms with Crippen LogP contribution in [0.5, 0.6) is 0 Å². The molecule has 0 heterocycles. The van der Waals surface area contributed by atoms with Gasteiger partial charge >= 0.3 is 0 Å². The summed E-state index contributed by atoms with van der Waals surface area (Å²) in [6.45, 7) is 1.69. The van der Waals surface area contributed by atoms with Crippen molar-refractivity contribution in [3.63, 3.8) is 0 Å². The molecule has 19 heavy (non-hydrogen) atoms. The van der Waals surface area contributed by atoms with Crippen LogP contribution in [0.15, 0.2) is 42.5 Å². The zero-order valence-corrected chi connectivity index (χ0v) is 11.5. The number of hydrogen-bond acceptors (Lipinski definition) is 2. The van der Waals surface area contributed by atoms with Gasteiger partial charge in [0.1, 0.15) is 0 Å². The summed E-state index contributed by atoms with van der Waals surface area (Å²) in [4.78, 5) is 14.2. The van der Waals surface area contributed by atoms with Crippen LogP contribution in [0.1, 0.15) is 16.8 Å². The van der Waals surface area contributed by atoms with E-state index in [9.17, 15) is 4.79 Å². The molecule has 0 saturated carbocycles. The molecule has 100 valence electrons. The smallest absolute Gasteiger partial charge is 0.254 e. The molecule has 0 aliphatic carbocycles. The Morgan fingerprint density at radius 3 is 2.68 bits per heavy atom. The van der Waals surface area contributed by atoms with Crippen LogP contribution in [0, 0.1) is 0 Å². The second-order valence-corrected chi connectivity index (χ2v) is 4.71. The predicted molar refractivity (Wildman–Crippen MR) is 79.5 cm³/mol. The number of amides is 1. The standard InChI is InChI=1S/C16H20N2O/c1-17-11-6-12-18(2)16(19)15-10-5-8-13-7-3-4-9-14(13)15/h3-5,7-10,17H,6,11-12H2,1-2H3. The van der Waals surface area contributed by atoms with Gasteiger partial charge in [-0.3, -0.25) is 4.79 Å². The van der Waals surface area contributed by atoms with Gasteiger partial charge in [-0.1, -0.05) is 36.4 Å². The molecule has 0 saturated heterocycles. The number of benzene rings is 2. The summed E-state index contributed by atoms with van der Waals surface area (Å²) in [5.74, 6) is 0.0907. The molecular weight excluding hydrogens is 236 g/mol. The Bertz CT molecular complexity index is 560. The Labute approximate surface area is 114 Å². The molecule has 1 amide bonds. The van der Waals surface area contributed by atoms with Crippen molar-refractivity contribution in [2.45, 2.75) is 6.42 Å². The highest BCUT2D eigenvalue weighted by atomic mass is 16.2. The van der Waals surface area contributed by atoms with E-state index in [4.69, 9.17) is 0 Å². The predicted octanol–water partition coefficient (Wildman–Crippen LogP) is 2.52. The molecule has 0 unspecified atom stereocenters. The molecule has 3 nitrogen and oxygen atoms in total. The Kier molecular flexibility index (Phi) is 4.53. The van der Waals surface area contributed by atoms with Crippen LogP contribution in [-0.4, -0.2) is 38.0 Å². The largest absolute Gasteiger partial charge is 0.342 e. The average Bonchev–Trinajstić information content (AvgIpc) is 2.46. The van der Waals surface area contributed by atoms with Crippen molar-refractivity contribution in [1.82, 2.24) is 10.2 Å². The molecule has 0 fully saturated rings. The third kappa shape index (κ3) is 3.12. The van der Waals surface area contributed by atoms with Crippen LogP contribution < -0.4 is 5.32 Å². The fourth-order valence-electron chi connectivity index (χ4n) is 2.21. The molecular formula is C16H20N2O. The van der Waals surface area contributed by atoms with E-state index in [-0.39, 0.29) is 5.91 Å². The number of carbonyl (C=O) groups is 1. The molecule has 0 spiro atoms. The van der Waals surface area contributed by atoms with E-state index in [0.717, 1.165) is 35.8 Å². The average molecular weight is 256 g/mol. The number of fused-ring (bicyclic) bond motifs is 1. The molecule has 0 aliphatic heterocycles. The van der Waals surface area contributed by atoms with E-state index in [1.54, 1.807) is 4.90 Å². The van der Waals surface area contributed by atoms with Gasteiger partial charge < -0.3 is 10.2 Å². The van der Waals surface area contributed by atoms with Gasteiger partial charge in [-0.05, 0) is 36.9 Å². The van der Waals surface area contributed by atoms with Crippen molar-refractivity contribution in [1.29, 1.82) is 0 Å². The highest BCUT2D eigenvalue weighted by Gasteiger charge is 2.13. The lowest BCUT2D eigenvalue weighted by molar-refractivity contribution is 0.0795. The van der Waals surface area contributed by atoms with Gasteiger partial charge in [-0.2, -0.15) is 0 Å². The third-order valence-electron chi connectivity index (χ3n) is 3.29. The van der Waals surface area contributed by atoms with Gasteiger partial charge in [-0.25, -0.2) is 0 Å². The van der Waals surface area contributed by atoms with Crippen molar-refractivity contribution in [3.8, 4) is 0 Å². The maximum atomic E-state index is 12.5. The Hall–Kier alpha value is -1.87. The summed E-state index contributed by atoms with van der Waals surface area (Å²) < 4.78 is 0. The van der Waals surface area contributed by atoms with Crippen LogP contribution in [0.2, 0.25) is 0 Å². The number of carbonyl (C=O) groups excluding carboxylic acids is 1. The second-order valence-electron chi connectivity index (χ2n) is 4.71. The van der Waals surface area contributed by atoms with Crippen LogP contribution in [0.25, 0.3) is 10.8 Å².